The third-order valence-corrected chi connectivity index (χ3v) is 20.4. The van der Waals surface area contributed by atoms with Gasteiger partial charge in [0.05, 0.1) is 22.3 Å². The van der Waals surface area contributed by atoms with Gasteiger partial charge in [0.25, 0.3) is 6.71 Å². The molecule has 9 aromatic carbocycles. The van der Waals surface area contributed by atoms with E-state index in [9.17, 15) is 0 Å². The second-order valence-corrected chi connectivity index (χ2v) is 27.1. The zero-order chi connectivity index (χ0) is 54.8. The van der Waals surface area contributed by atoms with Crippen LogP contribution in [-0.2, 0) is 21.7 Å². The summed E-state index contributed by atoms with van der Waals surface area (Å²) in [5.41, 5.74) is 27.7. The number of anilines is 8. The molecule has 0 spiro atoms. The summed E-state index contributed by atoms with van der Waals surface area (Å²) in [4.78, 5) is 8.13. The van der Waals surface area contributed by atoms with Gasteiger partial charge in [-0.2, -0.15) is 0 Å². The SMILES string of the molecule is Cc1cc2c3c(c1)N1c4c(cc(-c5ccccc5)cc4C4(C)CCCCC14C)B3c1ccc(N(c3ccc(C(C)(C)C)cc3)c3cccc4oc5ccccc5c34)cc1N2c1cc2c(cc1-c1ccccc1)C(C)(C)CCC2(C)C. The molecular formula is C75H72BN3O. The predicted molar refractivity (Wildman–Crippen MR) is 340 cm³/mol. The molecule has 3 aliphatic heterocycles. The third-order valence-electron chi connectivity index (χ3n) is 20.4. The van der Waals surface area contributed by atoms with Crippen LogP contribution in [0.4, 0.5) is 45.5 Å². The first-order chi connectivity index (χ1) is 38.4. The van der Waals surface area contributed by atoms with Gasteiger partial charge in [-0.25, -0.2) is 0 Å². The Morgan fingerprint density at radius 1 is 0.512 bits per heavy atom. The highest BCUT2D eigenvalue weighted by molar-refractivity contribution is 7.00. The number of benzene rings is 9. The van der Waals surface area contributed by atoms with E-state index >= 15 is 0 Å². The average Bonchev–Trinajstić information content (AvgIpc) is 3.46. The molecule has 0 radical (unpaired) electrons. The predicted octanol–water partition coefficient (Wildman–Crippen LogP) is 18.7. The zero-order valence-corrected chi connectivity index (χ0v) is 48.4. The fourth-order valence-corrected chi connectivity index (χ4v) is 15.8. The van der Waals surface area contributed by atoms with Crippen molar-refractivity contribution in [2.24, 2.45) is 0 Å². The smallest absolute Gasteiger partial charge is 0.252 e. The molecule has 2 atom stereocenters. The molecule has 5 aliphatic rings. The van der Waals surface area contributed by atoms with Crippen LogP contribution in [0.25, 0.3) is 44.2 Å². The van der Waals surface area contributed by atoms with Crippen LogP contribution in [0.1, 0.15) is 129 Å². The van der Waals surface area contributed by atoms with E-state index in [0.29, 0.717) is 0 Å². The van der Waals surface area contributed by atoms with Crippen molar-refractivity contribution >= 4 is 90.5 Å². The van der Waals surface area contributed by atoms with E-state index in [-0.39, 0.29) is 33.9 Å². The summed E-state index contributed by atoms with van der Waals surface area (Å²) < 4.78 is 6.68. The molecule has 1 fully saturated rings. The lowest BCUT2D eigenvalue weighted by atomic mass is 9.33. The molecule has 0 saturated heterocycles. The van der Waals surface area contributed by atoms with E-state index < -0.39 is 0 Å². The van der Waals surface area contributed by atoms with Gasteiger partial charge in [0, 0.05) is 50.5 Å². The first kappa shape index (κ1) is 49.3. The minimum atomic E-state index is -0.114. The number of nitrogens with zero attached hydrogens (tertiary/aromatic N) is 3. The van der Waals surface area contributed by atoms with Crippen LogP contribution in [0, 0.1) is 6.92 Å². The van der Waals surface area contributed by atoms with Crippen molar-refractivity contribution in [1.29, 1.82) is 0 Å². The van der Waals surface area contributed by atoms with Crippen molar-refractivity contribution in [1.82, 2.24) is 0 Å². The monoisotopic (exact) mass is 1040 g/mol. The van der Waals surface area contributed by atoms with Crippen LogP contribution >= 0.6 is 0 Å². The van der Waals surface area contributed by atoms with Gasteiger partial charge in [0.2, 0.25) is 0 Å². The van der Waals surface area contributed by atoms with E-state index in [1.807, 2.05) is 0 Å². The maximum atomic E-state index is 6.68. The largest absolute Gasteiger partial charge is 0.456 e. The fraction of sp³-hybridized carbons (Fsp3) is 0.280. The number of furan rings is 1. The van der Waals surface area contributed by atoms with Gasteiger partial charge < -0.3 is 19.1 Å². The van der Waals surface area contributed by atoms with Crippen LogP contribution < -0.4 is 31.1 Å². The van der Waals surface area contributed by atoms with Gasteiger partial charge in [-0.15, -0.1) is 0 Å². The third kappa shape index (κ3) is 7.01. The number of para-hydroxylation sites is 1. The molecule has 15 rings (SSSR count). The highest BCUT2D eigenvalue weighted by Gasteiger charge is 2.61. The summed E-state index contributed by atoms with van der Waals surface area (Å²) in [5.74, 6) is 0. The molecule has 2 aliphatic carbocycles. The zero-order valence-electron chi connectivity index (χ0n) is 48.4. The number of rotatable bonds is 6. The minimum absolute atomic E-state index is 0.00383. The average molecular weight is 1040 g/mol. The van der Waals surface area contributed by atoms with Crippen LogP contribution in [0.15, 0.2) is 186 Å². The molecule has 0 amide bonds. The highest BCUT2D eigenvalue weighted by atomic mass is 16.3. The van der Waals surface area contributed by atoms with E-state index in [1.165, 1.54) is 114 Å². The van der Waals surface area contributed by atoms with Gasteiger partial charge in [-0.05, 0) is 189 Å². The Bertz CT molecular complexity index is 4180. The van der Waals surface area contributed by atoms with Gasteiger partial charge in [0.15, 0.2) is 0 Å². The minimum Gasteiger partial charge on any atom is -0.456 e. The number of aryl methyl sites for hydroxylation is 1. The van der Waals surface area contributed by atoms with Crippen molar-refractivity contribution < 1.29 is 4.42 Å². The molecule has 5 heteroatoms. The standard InChI is InChI=1S/C75H72BN3O/c1-47-40-64-69-65(41-47)79-70-58(74(9)36-19-20-37-75(74,79)10)42-50(48-22-13-11-14-23-48)43-60(70)76(69)59-35-34-53(44-63(59)78(64)62-46-57-56(72(5,6)38-39-73(57,7)8)45-55(62)49-24-15-12-16-25-49)77(52-32-30-51(31-33-52)71(2,3)4)61-27-21-29-67-68(61)54-26-17-18-28-66(54)80-67/h11-18,21-35,40-46H,19-20,36-39H2,1-10H3. The fourth-order valence-electron chi connectivity index (χ4n) is 15.8. The van der Waals surface area contributed by atoms with Crippen LogP contribution in [0.5, 0.6) is 0 Å². The summed E-state index contributed by atoms with van der Waals surface area (Å²) in [6.45, 7) is 24.4. The Balaban J connectivity index is 1.07. The molecule has 10 aromatic rings. The number of hydrogen-bond donors (Lipinski definition) is 0. The Kier molecular flexibility index (Phi) is 10.6. The number of fused-ring (bicyclic) bond motifs is 11. The van der Waals surface area contributed by atoms with Gasteiger partial charge >= 0.3 is 0 Å². The quantitative estimate of drug-likeness (QED) is 0.155. The normalized spacial score (nSPS) is 20.1. The molecule has 1 saturated carbocycles. The first-order valence-electron chi connectivity index (χ1n) is 29.6. The molecule has 0 bridgehead atoms. The summed E-state index contributed by atoms with van der Waals surface area (Å²) in [7, 11) is 0. The maximum Gasteiger partial charge on any atom is 0.252 e. The second kappa shape index (κ2) is 17.1. The number of hydrogen-bond acceptors (Lipinski definition) is 4. The molecule has 1 aromatic heterocycles. The molecule has 4 heterocycles. The molecule has 4 nitrogen and oxygen atoms in total. The maximum absolute atomic E-state index is 6.68. The van der Waals surface area contributed by atoms with E-state index in [4.69, 9.17) is 4.42 Å². The second-order valence-electron chi connectivity index (χ2n) is 27.1. The van der Waals surface area contributed by atoms with E-state index in [1.54, 1.807) is 0 Å². The Morgan fingerprint density at radius 2 is 1.16 bits per heavy atom. The lowest BCUT2D eigenvalue weighted by Crippen LogP contribution is -2.64. The summed E-state index contributed by atoms with van der Waals surface area (Å²) in [6, 6.07) is 69.9. The van der Waals surface area contributed by atoms with Crippen LogP contribution in [0.3, 0.4) is 0 Å². The van der Waals surface area contributed by atoms with Gasteiger partial charge in [-0.1, -0.05) is 177 Å². The molecule has 0 N–H and O–H groups in total. The lowest BCUT2D eigenvalue weighted by Gasteiger charge is -2.53. The Morgan fingerprint density at radius 3 is 1.90 bits per heavy atom. The van der Waals surface area contributed by atoms with Crippen molar-refractivity contribution in [3.05, 3.63) is 210 Å². The molecule has 80 heavy (non-hydrogen) atoms. The van der Waals surface area contributed by atoms with Crippen LogP contribution in [0.2, 0.25) is 0 Å². The molecular weight excluding hydrogens is 970 g/mol. The Hall–Kier alpha value is -7.76. The highest BCUT2D eigenvalue weighted by Crippen LogP contribution is 2.63. The summed E-state index contributed by atoms with van der Waals surface area (Å²) >= 11 is 0. The van der Waals surface area contributed by atoms with Crippen molar-refractivity contribution in [3.63, 3.8) is 0 Å². The summed E-state index contributed by atoms with van der Waals surface area (Å²) in [5, 5.41) is 2.22. The topological polar surface area (TPSA) is 22.9 Å². The molecule has 396 valence electrons. The first-order valence-corrected chi connectivity index (χ1v) is 29.6. The van der Waals surface area contributed by atoms with Crippen molar-refractivity contribution in [2.45, 2.75) is 135 Å². The molecule has 2 unspecified atom stereocenters. The van der Waals surface area contributed by atoms with Gasteiger partial charge in [-0.3, -0.25) is 0 Å². The van der Waals surface area contributed by atoms with Crippen LogP contribution in [-0.4, -0.2) is 12.3 Å². The van der Waals surface area contributed by atoms with Crippen molar-refractivity contribution in [2.75, 3.05) is 14.7 Å². The van der Waals surface area contributed by atoms with Crippen molar-refractivity contribution in [3.8, 4) is 22.3 Å². The Labute approximate surface area is 474 Å². The van der Waals surface area contributed by atoms with E-state index in [2.05, 4.69) is 266 Å². The summed E-state index contributed by atoms with van der Waals surface area (Å²) in [6.07, 6.45) is 7.06. The van der Waals surface area contributed by atoms with Gasteiger partial charge in [0.1, 0.15) is 11.2 Å². The lowest BCUT2D eigenvalue weighted by molar-refractivity contribution is 0.195. The van der Waals surface area contributed by atoms with E-state index in [0.717, 1.165) is 58.3 Å².